The number of allylic oxidation sites excluding steroid dienone is 2. The number of benzene rings is 1. The van der Waals surface area contributed by atoms with Crippen molar-refractivity contribution in [3.05, 3.63) is 39.4 Å². The van der Waals surface area contributed by atoms with Crippen molar-refractivity contribution in [1.82, 2.24) is 0 Å². The number of carboxylic acids is 1. The Kier molecular flexibility index (Phi) is 4.85. The molecule has 2 rings (SSSR count). The van der Waals surface area contributed by atoms with Gasteiger partial charge in [-0.15, -0.1) is 0 Å². The molecule has 3 N–H and O–H groups in total. The van der Waals surface area contributed by atoms with E-state index in [0.717, 1.165) is 18.2 Å². The second-order valence-electron chi connectivity index (χ2n) is 5.09. The predicted octanol–water partition coefficient (Wildman–Crippen LogP) is 2.47. The summed E-state index contributed by atoms with van der Waals surface area (Å²) in [6.07, 6.45) is 1.72. The number of aromatic hydroxyl groups is 1. The summed E-state index contributed by atoms with van der Waals surface area (Å²) in [6, 6.07) is 3.17. The number of carbonyl (C=O) groups excluding carboxylic acids is 1. The number of hydrogen-bond donors (Lipinski definition) is 3. The molecule has 1 aliphatic rings. The number of phenols is 1. The molecule has 9 heteroatoms. The lowest BCUT2D eigenvalue weighted by Crippen LogP contribution is -2.35. The van der Waals surface area contributed by atoms with Gasteiger partial charge in [0.1, 0.15) is 5.75 Å². The summed E-state index contributed by atoms with van der Waals surface area (Å²) in [5.41, 5.74) is -0.464. The van der Waals surface area contributed by atoms with Crippen molar-refractivity contribution in [3.63, 3.8) is 0 Å². The third-order valence-electron chi connectivity index (χ3n) is 3.60. The summed E-state index contributed by atoms with van der Waals surface area (Å²) in [5, 5.41) is 32.4. The Morgan fingerprint density at radius 3 is 2.65 bits per heavy atom. The molecule has 0 saturated carbocycles. The molecule has 0 saturated heterocycles. The number of phenolic OH excluding ortho intramolecular Hbond substituents is 1. The summed E-state index contributed by atoms with van der Waals surface area (Å²) in [4.78, 5) is 33.6. The minimum absolute atomic E-state index is 0.0556. The van der Waals surface area contributed by atoms with Crippen molar-refractivity contribution in [2.75, 3.05) is 5.32 Å². The standard InChI is InChI=1S/C14H13ClN2O6/c15-7-1-3-9(14(20)21)10(5-7)13(19)16-11-6-8(17(22)23)2-4-12(11)18/h1-2,4,6,9-10,18H,3,5H2,(H,16,19)(H,20,21)/t9-,10-/m0/s1. The lowest BCUT2D eigenvalue weighted by molar-refractivity contribution is -0.384. The molecule has 0 radical (unpaired) electrons. The van der Waals surface area contributed by atoms with Gasteiger partial charge in [0, 0.05) is 17.2 Å². The number of aliphatic carboxylic acids is 1. The van der Waals surface area contributed by atoms with Crippen LogP contribution in [0.25, 0.3) is 0 Å². The average Bonchev–Trinajstić information content (AvgIpc) is 2.48. The third kappa shape index (κ3) is 3.78. The zero-order chi connectivity index (χ0) is 17.1. The summed E-state index contributed by atoms with van der Waals surface area (Å²) >= 11 is 5.88. The quantitative estimate of drug-likeness (QED) is 0.438. The van der Waals surface area contributed by atoms with Gasteiger partial charge in [0.25, 0.3) is 5.69 Å². The molecule has 0 heterocycles. The van der Waals surface area contributed by atoms with Crippen LogP contribution in [0.2, 0.25) is 0 Å². The normalized spacial score (nSPS) is 20.5. The van der Waals surface area contributed by atoms with Crippen molar-refractivity contribution in [2.24, 2.45) is 11.8 Å². The number of nitro benzene ring substituents is 1. The van der Waals surface area contributed by atoms with Crippen molar-refractivity contribution < 1.29 is 24.7 Å². The molecule has 0 aromatic heterocycles. The van der Waals surface area contributed by atoms with Crippen LogP contribution in [0.15, 0.2) is 29.3 Å². The van der Waals surface area contributed by atoms with Gasteiger partial charge in [0.2, 0.25) is 5.91 Å². The number of nitrogens with one attached hydrogen (secondary N) is 1. The lowest BCUT2D eigenvalue weighted by Gasteiger charge is -2.25. The summed E-state index contributed by atoms with van der Waals surface area (Å²) in [5.74, 6) is -4.02. The Balaban J connectivity index is 2.24. The van der Waals surface area contributed by atoms with Crippen LogP contribution in [0, 0.1) is 22.0 Å². The largest absolute Gasteiger partial charge is 0.506 e. The number of hydrogen-bond acceptors (Lipinski definition) is 5. The number of carboxylic acid groups (broad SMARTS) is 1. The Bertz CT molecular complexity index is 703. The van der Waals surface area contributed by atoms with E-state index in [9.17, 15) is 29.9 Å². The number of anilines is 1. The van der Waals surface area contributed by atoms with E-state index in [1.54, 1.807) is 6.08 Å². The van der Waals surface area contributed by atoms with Gasteiger partial charge in [-0.2, -0.15) is 0 Å². The van der Waals surface area contributed by atoms with E-state index in [4.69, 9.17) is 11.6 Å². The second-order valence-corrected chi connectivity index (χ2v) is 5.58. The highest BCUT2D eigenvalue weighted by atomic mass is 35.5. The minimum atomic E-state index is -1.13. The molecule has 0 spiro atoms. The number of amides is 1. The van der Waals surface area contributed by atoms with Crippen LogP contribution in [-0.4, -0.2) is 27.0 Å². The smallest absolute Gasteiger partial charge is 0.307 e. The molecule has 1 aromatic carbocycles. The van der Waals surface area contributed by atoms with E-state index in [2.05, 4.69) is 5.32 Å². The molecule has 1 amide bonds. The van der Waals surface area contributed by atoms with Gasteiger partial charge in [-0.1, -0.05) is 17.7 Å². The van der Waals surface area contributed by atoms with Gasteiger partial charge in [-0.25, -0.2) is 0 Å². The van der Waals surface area contributed by atoms with Crippen LogP contribution < -0.4 is 5.32 Å². The van der Waals surface area contributed by atoms with Crippen molar-refractivity contribution >= 4 is 34.9 Å². The van der Waals surface area contributed by atoms with E-state index in [0.29, 0.717) is 5.03 Å². The van der Waals surface area contributed by atoms with Crippen LogP contribution in [0.5, 0.6) is 5.75 Å². The van der Waals surface area contributed by atoms with Crippen molar-refractivity contribution in [2.45, 2.75) is 12.8 Å². The van der Waals surface area contributed by atoms with E-state index in [1.165, 1.54) is 0 Å². The highest BCUT2D eigenvalue weighted by Crippen LogP contribution is 2.34. The van der Waals surface area contributed by atoms with E-state index in [-0.39, 0.29) is 30.0 Å². The van der Waals surface area contributed by atoms with Gasteiger partial charge < -0.3 is 15.5 Å². The molecule has 23 heavy (non-hydrogen) atoms. The van der Waals surface area contributed by atoms with Gasteiger partial charge in [-0.05, 0) is 18.9 Å². The molecule has 1 aromatic rings. The number of carbonyl (C=O) groups is 2. The molecule has 0 aliphatic heterocycles. The van der Waals surface area contributed by atoms with Crippen LogP contribution in [-0.2, 0) is 9.59 Å². The fourth-order valence-corrected chi connectivity index (χ4v) is 2.62. The maximum absolute atomic E-state index is 12.3. The number of halogens is 1. The van der Waals surface area contributed by atoms with Crippen molar-refractivity contribution in [3.8, 4) is 5.75 Å². The monoisotopic (exact) mass is 340 g/mol. The fraction of sp³-hybridized carbons (Fsp3) is 0.286. The van der Waals surface area contributed by atoms with Crippen LogP contribution in [0.1, 0.15) is 12.8 Å². The first-order valence-corrected chi connectivity index (χ1v) is 7.03. The molecule has 8 nitrogen and oxygen atoms in total. The summed E-state index contributed by atoms with van der Waals surface area (Å²) in [7, 11) is 0. The molecule has 0 fully saturated rings. The average molecular weight is 341 g/mol. The summed E-state index contributed by atoms with van der Waals surface area (Å²) in [6.45, 7) is 0. The first-order chi connectivity index (χ1) is 10.8. The topological polar surface area (TPSA) is 130 Å². The molecule has 1 aliphatic carbocycles. The Morgan fingerprint density at radius 1 is 1.35 bits per heavy atom. The van der Waals surface area contributed by atoms with E-state index < -0.39 is 28.6 Å². The third-order valence-corrected chi connectivity index (χ3v) is 3.91. The van der Waals surface area contributed by atoms with Crippen LogP contribution in [0.3, 0.4) is 0 Å². The second kappa shape index (κ2) is 6.66. The maximum atomic E-state index is 12.3. The highest BCUT2D eigenvalue weighted by molar-refractivity contribution is 6.29. The van der Waals surface area contributed by atoms with E-state index in [1.807, 2.05) is 0 Å². The van der Waals surface area contributed by atoms with Crippen molar-refractivity contribution in [1.29, 1.82) is 0 Å². The number of nitrogens with zero attached hydrogens (tertiary/aromatic N) is 1. The Morgan fingerprint density at radius 2 is 2.04 bits per heavy atom. The van der Waals surface area contributed by atoms with Crippen LogP contribution >= 0.6 is 11.6 Å². The highest BCUT2D eigenvalue weighted by Gasteiger charge is 2.36. The van der Waals surface area contributed by atoms with Gasteiger partial charge >= 0.3 is 5.97 Å². The summed E-state index contributed by atoms with van der Waals surface area (Å²) < 4.78 is 0. The molecule has 2 atom stereocenters. The molecular weight excluding hydrogens is 328 g/mol. The van der Waals surface area contributed by atoms with Gasteiger partial charge in [0.15, 0.2) is 0 Å². The zero-order valence-electron chi connectivity index (χ0n) is 11.7. The SMILES string of the molecule is O=C(O)[C@H]1CC=C(Cl)C[C@@H]1C(=O)Nc1cc([N+](=O)[O-])ccc1O. The predicted molar refractivity (Wildman–Crippen MR) is 81.2 cm³/mol. The lowest BCUT2D eigenvalue weighted by atomic mass is 9.82. The molecule has 0 unspecified atom stereocenters. The Hall–Kier alpha value is -2.61. The number of nitro groups is 1. The van der Waals surface area contributed by atoms with Gasteiger partial charge in [-0.3, -0.25) is 19.7 Å². The number of non-ortho nitro benzene ring substituents is 1. The molecule has 122 valence electrons. The van der Waals surface area contributed by atoms with E-state index >= 15 is 0 Å². The maximum Gasteiger partial charge on any atom is 0.307 e. The first-order valence-electron chi connectivity index (χ1n) is 6.65. The molecular formula is C14H13ClN2O6. The number of rotatable bonds is 4. The fourth-order valence-electron chi connectivity index (χ4n) is 2.37. The molecule has 0 bridgehead atoms. The van der Waals surface area contributed by atoms with Crippen LogP contribution in [0.4, 0.5) is 11.4 Å². The minimum Gasteiger partial charge on any atom is -0.506 e. The Labute approximate surface area is 135 Å². The first kappa shape index (κ1) is 16.8. The van der Waals surface area contributed by atoms with Gasteiger partial charge in [0.05, 0.1) is 22.4 Å². The zero-order valence-corrected chi connectivity index (χ0v) is 12.5.